The van der Waals surface area contributed by atoms with Crippen LogP contribution in [-0.2, 0) is 27.6 Å². The summed E-state index contributed by atoms with van der Waals surface area (Å²) >= 11 is 6.59. The molecule has 0 radical (unpaired) electrons. The maximum atomic E-state index is 13.6. The van der Waals surface area contributed by atoms with Crippen LogP contribution < -0.4 is 10.1 Å². The third-order valence-corrected chi connectivity index (χ3v) is 11.3. The number of ether oxygens (including phenoxy) is 2. The van der Waals surface area contributed by atoms with Gasteiger partial charge in [-0.1, -0.05) is 43.0 Å². The second-order valence-corrected chi connectivity index (χ2v) is 14.0. The molecule has 2 aromatic rings. The monoisotopic (exact) mass is 600 g/mol. The van der Waals surface area contributed by atoms with E-state index in [1.54, 1.807) is 23.5 Å². The number of piperidine rings is 1. The lowest BCUT2D eigenvalue weighted by Gasteiger charge is -2.39. The van der Waals surface area contributed by atoms with Crippen LogP contribution in [0.2, 0.25) is 0 Å². The Balaban J connectivity index is 1.18. The second-order valence-electron chi connectivity index (χ2n) is 11.7. The van der Waals surface area contributed by atoms with Crippen LogP contribution >= 0.6 is 11.6 Å². The number of anilines is 1. The minimum absolute atomic E-state index is 0.278. The van der Waals surface area contributed by atoms with E-state index in [-0.39, 0.29) is 4.90 Å². The lowest BCUT2D eigenvalue weighted by atomic mass is 9.95. The fourth-order valence-electron chi connectivity index (χ4n) is 6.80. The van der Waals surface area contributed by atoms with E-state index in [1.807, 2.05) is 12.1 Å². The standard InChI is InChI=1S/C31H41ClN4O4S/c1-39-30-21-26(41(37,38)36-13-11-25(12-14-36)35-15-17-40-18-16-35)8-7-22(30)19-24-20-29(33-23-5-3-2-4-6-23)31-27(32)9-10-28(31)34-24/h7-9,20-21,23,25H,2-6,10-19H2,1H3,(H,33,34). The molecule has 0 atom stereocenters. The number of rotatable bonds is 8. The van der Waals surface area contributed by atoms with Crippen molar-refractivity contribution in [3.05, 3.63) is 52.9 Å². The smallest absolute Gasteiger partial charge is 0.243 e. The minimum atomic E-state index is -3.61. The Hall–Kier alpha value is -2.17. The topological polar surface area (TPSA) is 84.0 Å². The summed E-state index contributed by atoms with van der Waals surface area (Å²) in [5, 5.41) is 4.53. The number of sulfonamides is 1. The van der Waals surface area contributed by atoms with Crippen molar-refractivity contribution in [1.29, 1.82) is 0 Å². The molecule has 1 aromatic heterocycles. The summed E-state index contributed by atoms with van der Waals surface area (Å²) in [7, 11) is -2.02. The van der Waals surface area contributed by atoms with Gasteiger partial charge in [0.2, 0.25) is 10.0 Å². The largest absolute Gasteiger partial charge is 0.496 e. The van der Waals surface area contributed by atoms with Crippen molar-refractivity contribution in [2.24, 2.45) is 0 Å². The zero-order valence-electron chi connectivity index (χ0n) is 23.9. The number of hydrogen-bond donors (Lipinski definition) is 1. The lowest BCUT2D eigenvalue weighted by molar-refractivity contribution is 0.00610. The van der Waals surface area contributed by atoms with Gasteiger partial charge in [-0.2, -0.15) is 4.31 Å². The molecular formula is C31H41ClN4O4S. The van der Waals surface area contributed by atoms with Crippen LogP contribution in [0.25, 0.3) is 5.03 Å². The van der Waals surface area contributed by atoms with Gasteiger partial charge in [-0.3, -0.25) is 9.88 Å². The SMILES string of the molecule is COc1cc(S(=O)(=O)N2CCC(N3CCOCC3)CC2)ccc1Cc1cc(NC2CCCCC2)c2c(n1)CC=C2Cl. The molecule has 4 aliphatic rings. The van der Waals surface area contributed by atoms with Gasteiger partial charge >= 0.3 is 0 Å². The van der Waals surface area contributed by atoms with E-state index in [2.05, 4.69) is 16.3 Å². The van der Waals surface area contributed by atoms with Gasteiger partial charge in [0.25, 0.3) is 0 Å². The van der Waals surface area contributed by atoms with Gasteiger partial charge in [-0.05, 0) is 37.8 Å². The highest BCUT2D eigenvalue weighted by molar-refractivity contribution is 7.89. The van der Waals surface area contributed by atoms with Crippen LogP contribution in [0.5, 0.6) is 5.75 Å². The number of hydrogen-bond acceptors (Lipinski definition) is 7. The van der Waals surface area contributed by atoms with E-state index in [1.165, 1.54) is 32.1 Å². The summed E-state index contributed by atoms with van der Waals surface area (Å²) in [4.78, 5) is 7.67. The van der Waals surface area contributed by atoms with Crippen molar-refractivity contribution in [1.82, 2.24) is 14.2 Å². The molecule has 6 rings (SSSR count). The molecule has 1 N–H and O–H groups in total. The van der Waals surface area contributed by atoms with Gasteiger partial charge in [-0.15, -0.1) is 0 Å². The number of methoxy groups -OCH3 is 1. The maximum absolute atomic E-state index is 13.6. The number of pyridine rings is 1. The first-order valence-corrected chi connectivity index (χ1v) is 16.9. The summed E-state index contributed by atoms with van der Waals surface area (Å²) in [6, 6.07) is 8.24. The first-order valence-electron chi connectivity index (χ1n) is 15.1. The van der Waals surface area contributed by atoms with E-state index in [9.17, 15) is 8.42 Å². The van der Waals surface area contributed by atoms with E-state index >= 15 is 0 Å². The number of aromatic nitrogens is 1. The minimum Gasteiger partial charge on any atom is -0.496 e. The molecular weight excluding hydrogens is 560 g/mol. The van der Waals surface area contributed by atoms with Crippen molar-refractivity contribution in [2.45, 2.75) is 74.8 Å². The van der Waals surface area contributed by atoms with Gasteiger partial charge in [-0.25, -0.2) is 8.42 Å². The zero-order chi connectivity index (χ0) is 28.4. The maximum Gasteiger partial charge on any atom is 0.243 e. The Morgan fingerprint density at radius 1 is 1.05 bits per heavy atom. The number of halogens is 1. The van der Waals surface area contributed by atoms with Gasteiger partial charge < -0.3 is 14.8 Å². The molecule has 2 saturated heterocycles. The molecule has 8 nitrogen and oxygen atoms in total. The first-order chi connectivity index (χ1) is 19.9. The van der Waals surface area contributed by atoms with Crippen molar-refractivity contribution in [2.75, 3.05) is 51.8 Å². The predicted octanol–water partition coefficient (Wildman–Crippen LogP) is 5.05. The van der Waals surface area contributed by atoms with Crippen LogP contribution in [0, 0.1) is 0 Å². The highest BCUT2D eigenvalue weighted by Gasteiger charge is 2.33. The molecule has 0 amide bonds. The average molecular weight is 601 g/mol. The Labute approximate surface area is 249 Å². The van der Waals surface area contributed by atoms with Crippen molar-refractivity contribution >= 4 is 32.3 Å². The average Bonchev–Trinajstić information content (AvgIpc) is 3.38. The van der Waals surface area contributed by atoms with Gasteiger partial charge in [0, 0.05) is 84.7 Å². The third kappa shape index (κ3) is 6.30. The summed E-state index contributed by atoms with van der Waals surface area (Å²) in [5.74, 6) is 0.564. The third-order valence-electron chi connectivity index (χ3n) is 9.08. The normalized spacial score (nSPS) is 21.5. The molecule has 1 saturated carbocycles. The van der Waals surface area contributed by atoms with Crippen LogP contribution in [-0.4, -0.2) is 81.2 Å². The molecule has 2 aliphatic carbocycles. The van der Waals surface area contributed by atoms with Gasteiger partial charge in [0.1, 0.15) is 5.75 Å². The molecule has 1 aromatic carbocycles. The number of nitrogens with zero attached hydrogens (tertiary/aromatic N) is 3. The zero-order valence-corrected chi connectivity index (χ0v) is 25.5. The van der Waals surface area contributed by atoms with E-state index in [0.29, 0.717) is 37.3 Å². The number of nitrogens with one attached hydrogen (secondary N) is 1. The second kappa shape index (κ2) is 12.6. The Bertz CT molecular complexity index is 1380. The molecule has 41 heavy (non-hydrogen) atoms. The van der Waals surface area contributed by atoms with Crippen molar-refractivity contribution in [3.8, 4) is 5.75 Å². The van der Waals surface area contributed by atoms with Gasteiger partial charge in [0.05, 0.1) is 30.9 Å². The van der Waals surface area contributed by atoms with Crippen LogP contribution in [0.3, 0.4) is 0 Å². The molecule has 0 bridgehead atoms. The molecule has 222 valence electrons. The summed E-state index contributed by atoms with van der Waals surface area (Å²) < 4.78 is 40.0. The summed E-state index contributed by atoms with van der Waals surface area (Å²) in [5.41, 5.74) is 4.89. The first kappa shape index (κ1) is 28.9. The Morgan fingerprint density at radius 2 is 1.80 bits per heavy atom. The quantitative estimate of drug-likeness (QED) is 0.454. The Morgan fingerprint density at radius 3 is 2.54 bits per heavy atom. The highest BCUT2D eigenvalue weighted by atomic mass is 35.5. The van der Waals surface area contributed by atoms with Crippen molar-refractivity contribution < 1.29 is 17.9 Å². The number of benzene rings is 1. The number of morpholine rings is 1. The summed E-state index contributed by atoms with van der Waals surface area (Å²) in [6.45, 7) is 4.43. The van der Waals surface area contributed by atoms with E-state index < -0.39 is 10.0 Å². The molecule has 10 heteroatoms. The van der Waals surface area contributed by atoms with Gasteiger partial charge in [0.15, 0.2) is 0 Å². The number of allylic oxidation sites excluding steroid dienone is 1. The van der Waals surface area contributed by atoms with Crippen molar-refractivity contribution in [3.63, 3.8) is 0 Å². The molecule has 3 heterocycles. The highest BCUT2D eigenvalue weighted by Crippen LogP contribution is 2.38. The van der Waals surface area contributed by atoms with Crippen LogP contribution in [0.15, 0.2) is 35.2 Å². The summed E-state index contributed by atoms with van der Waals surface area (Å²) in [6.07, 6.45) is 11.1. The molecule has 0 spiro atoms. The van der Waals surface area contributed by atoms with E-state index in [4.69, 9.17) is 26.1 Å². The number of fused-ring (bicyclic) bond motifs is 1. The van der Waals surface area contributed by atoms with Crippen LogP contribution in [0.4, 0.5) is 5.69 Å². The molecule has 3 fully saturated rings. The lowest BCUT2D eigenvalue weighted by Crippen LogP contribution is -2.50. The molecule has 0 unspecified atom stereocenters. The fourth-order valence-corrected chi connectivity index (χ4v) is 8.57. The molecule has 2 aliphatic heterocycles. The van der Waals surface area contributed by atoms with E-state index in [0.717, 1.165) is 78.8 Å². The predicted molar refractivity (Wildman–Crippen MR) is 162 cm³/mol. The van der Waals surface area contributed by atoms with Crippen LogP contribution in [0.1, 0.15) is 67.5 Å². The Kier molecular flexibility index (Phi) is 8.89. The fraction of sp³-hybridized carbons (Fsp3) is 0.581.